The Balaban J connectivity index is 1.35. The number of fused-ring (bicyclic) bond motifs is 1. The number of halogens is 1. The van der Waals surface area contributed by atoms with Gasteiger partial charge in [0.15, 0.2) is 5.58 Å². The van der Waals surface area contributed by atoms with Crippen LogP contribution in [0.25, 0.3) is 11.0 Å². The first-order valence-electron chi connectivity index (χ1n) is 9.22. The monoisotopic (exact) mass is 418 g/mol. The first kappa shape index (κ1) is 17.8. The zero-order chi connectivity index (χ0) is 18.3. The summed E-state index contributed by atoms with van der Waals surface area (Å²) in [4.78, 5) is 6.98. The maximum absolute atomic E-state index is 9.64. The molecule has 2 fully saturated rings. The molecule has 138 valence electrons. The molecule has 1 saturated heterocycles. The Labute approximate surface area is 161 Å². The summed E-state index contributed by atoms with van der Waals surface area (Å²) in [5.74, 6) is 1.56. The molecule has 2 aromatic rings. The van der Waals surface area contributed by atoms with E-state index in [1.54, 1.807) is 12.3 Å². The lowest BCUT2D eigenvalue weighted by molar-refractivity contribution is -0.0277. The van der Waals surface area contributed by atoms with E-state index in [2.05, 4.69) is 31.1 Å². The summed E-state index contributed by atoms with van der Waals surface area (Å²) >= 11 is 3.60. The van der Waals surface area contributed by atoms with E-state index < -0.39 is 0 Å². The van der Waals surface area contributed by atoms with Gasteiger partial charge in [0, 0.05) is 42.5 Å². The van der Waals surface area contributed by atoms with E-state index in [9.17, 15) is 5.11 Å². The Hall–Kier alpha value is -1.62. The van der Waals surface area contributed by atoms with Crippen LogP contribution < -0.4 is 5.32 Å². The van der Waals surface area contributed by atoms with Crippen LogP contribution in [0, 0.1) is 17.2 Å². The number of likely N-dealkylation sites (tertiary alicyclic amines) is 1. The minimum absolute atomic E-state index is 0.188. The minimum Gasteiger partial charge on any atom is -0.444 e. The second-order valence-corrected chi connectivity index (χ2v) is 8.32. The summed E-state index contributed by atoms with van der Waals surface area (Å²) in [5, 5.41) is 23.1. The maximum atomic E-state index is 9.64. The molecule has 1 aliphatic heterocycles. The predicted molar refractivity (Wildman–Crippen MR) is 103 cm³/mol. The SMILES string of the molecule is CC(O)C1CN(C2CCC(Nc3ncc4oc(C#N)cc4c3Br)CC2)C1. The topological polar surface area (TPSA) is 85.3 Å². The molecular weight excluding hydrogens is 396 g/mol. The molecule has 0 radical (unpaired) electrons. The third-order valence-corrected chi connectivity index (χ3v) is 6.60. The molecule has 26 heavy (non-hydrogen) atoms. The van der Waals surface area contributed by atoms with Gasteiger partial charge in [-0.3, -0.25) is 4.90 Å². The molecule has 1 atom stereocenters. The number of rotatable bonds is 4. The molecule has 0 spiro atoms. The van der Waals surface area contributed by atoms with Gasteiger partial charge in [0.1, 0.15) is 11.9 Å². The lowest BCUT2D eigenvalue weighted by Gasteiger charge is -2.47. The van der Waals surface area contributed by atoms with E-state index in [0.29, 0.717) is 29.3 Å². The van der Waals surface area contributed by atoms with Gasteiger partial charge in [-0.25, -0.2) is 4.98 Å². The van der Waals surface area contributed by atoms with Crippen molar-refractivity contribution in [3.05, 3.63) is 22.5 Å². The van der Waals surface area contributed by atoms with Crippen LogP contribution in [0.2, 0.25) is 0 Å². The first-order chi connectivity index (χ1) is 12.5. The van der Waals surface area contributed by atoms with Crippen LogP contribution in [0.1, 0.15) is 38.4 Å². The lowest BCUT2D eigenvalue weighted by atomic mass is 9.85. The van der Waals surface area contributed by atoms with Crippen molar-refractivity contribution in [2.24, 2.45) is 5.92 Å². The van der Waals surface area contributed by atoms with Gasteiger partial charge < -0.3 is 14.8 Å². The number of nitrogens with one attached hydrogen (secondary N) is 1. The van der Waals surface area contributed by atoms with Crippen LogP contribution in [-0.4, -0.2) is 46.3 Å². The zero-order valence-corrected chi connectivity index (χ0v) is 16.4. The van der Waals surface area contributed by atoms with Crippen LogP contribution in [0.5, 0.6) is 0 Å². The number of aliphatic hydroxyl groups is 1. The predicted octanol–water partition coefficient (Wildman–Crippen LogP) is 3.50. The molecule has 0 bridgehead atoms. The van der Waals surface area contributed by atoms with E-state index in [-0.39, 0.29) is 6.10 Å². The molecule has 1 unspecified atom stereocenters. The van der Waals surface area contributed by atoms with Gasteiger partial charge in [-0.2, -0.15) is 5.26 Å². The van der Waals surface area contributed by atoms with Crippen LogP contribution >= 0.6 is 15.9 Å². The Morgan fingerprint density at radius 2 is 2.12 bits per heavy atom. The average molecular weight is 419 g/mol. The molecule has 1 saturated carbocycles. The summed E-state index contributed by atoms with van der Waals surface area (Å²) in [6.07, 6.45) is 6.06. The quantitative estimate of drug-likeness (QED) is 0.789. The van der Waals surface area contributed by atoms with Crippen LogP contribution in [0.15, 0.2) is 21.2 Å². The molecule has 2 aromatic heterocycles. The Kier molecular flexibility index (Phi) is 4.91. The fraction of sp³-hybridized carbons (Fsp3) is 0.579. The van der Waals surface area contributed by atoms with Gasteiger partial charge in [-0.05, 0) is 48.5 Å². The lowest BCUT2D eigenvalue weighted by Crippen LogP contribution is -2.56. The second kappa shape index (κ2) is 7.18. The smallest absolute Gasteiger partial charge is 0.204 e. The summed E-state index contributed by atoms with van der Waals surface area (Å²) < 4.78 is 6.27. The highest BCUT2D eigenvalue weighted by Gasteiger charge is 2.36. The molecular formula is C19H23BrN4O2. The normalized spacial score (nSPS) is 25.6. The average Bonchev–Trinajstić information content (AvgIpc) is 3.01. The summed E-state index contributed by atoms with van der Waals surface area (Å²) in [5.41, 5.74) is 0.619. The largest absolute Gasteiger partial charge is 0.444 e. The molecule has 7 heteroatoms. The fourth-order valence-electron chi connectivity index (χ4n) is 4.07. The van der Waals surface area contributed by atoms with Crippen molar-refractivity contribution in [2.75, 3.05) is 18.4 Å². The van der Waals surface area contributed by atoms with Crippen molar-refractivity contribution in [2.45, 2.75) is 50.8 Å². The van der Waals surface area contributed by atoms with Crippen molar-refractivity contribution in [1.29, 1.82) is 5.26 Å². The molecule has 3 heterocycles. The molecule has 2 N–H and O–H groups in total. The number of pyridine rings is 1. The molecule has 4 rings (SSSR count). The molecule has 2 aliphatic rings. The van der Waals surface area contributed by atoms with Crippen LogP contribution in [0.4, 0.5) is 5.82 Å². The highest BCUT2D eigenvalue weighted by atomic mass is 79.9. The third-order valence-electron chi connectivity index (χ3n) is 5.80. The highest BCUT2D eigenvalue weighted by Crippen LogP contribution is 2.35. The van der Waals surface area contributed by atoms with Gasteiger partial charge in [0.25, 0.3) is 0 Å². The summed E-state index contributed by atoms with van der Waals surface area (Å²) in [7, 11) is 0. The maximum Gasteiger partial charge on any atom is 0.204 e. The van der Waals surface area contributed by atoms with Gasteiger partial charge >= 0.3 is 0 Å². The van der Waals surface area contributed by atoms with Gasteiger partial charge in [0.2, 0.25) is 5.76 Å². The van der Waals surface area contributed by atoms with Crippen molar-refractivity contribution in [3.8, 4) is 6.07 Å². The fourth-order valence-corrected chi connectivity index (χ4v) is 4.59. The minimum atomic E-state index is -0.188. The summed E-state index contributed by atoms with van der Waals surface area (Å²) in [6.45, 7) is 3.96. The number of aromatic nitrogens is 1. The Bertz CT molecular complexity index is 830. The number of anilines is 1. The second-order valence-electron chi connectivity index (χ2n) is 7.53. The van der Waals surface area contributed by atoms with Gasteiger partial charge in [-0.15, -0.1) is 0 Å². The molecule has 6 nitrogen and oxygen atoms in total. The first-order valence-corrected chi connectivity index (χ1v) is 10.0. The molecule has 0 amide bonds. The van der Waals surface area contributed by atoms with E-state index in [4.69, 9.17) is 9.68 Å². The molecule has 1 aliphatic carbocycles. The van der Waals surface area contributed by atoms with Gasteiger partial charge in [-0.1, -0.05) is 0 Å². The number of nitrogens with zero attached hydrogens (tertiary/aromatic N) is 3. The Morgan fingerprint density at radius 3 is 2.77 bits per heavy atom. The number of hydrogen-bond donors (Lipinski definition) is 2. The highest BCUT2D eigenvalue weighted by molar-refractivity contribution is 9.10. The Morgan fingerprint density at radius 1 is 1.38 bits per heavy atom. The zero-order valence-electron chi connectivity index (χ0n) is 14.8. The number of furan rings is 1. The van der Waals surface area contributed by atoms with Gasteiger partial charge in [0.05, 0.1) is 16.8 Å². The third kappa shape index (κ3) is 3.34. The van der Waals surface area contributed by atoms with E-state index in [1.807, 2.05) is 13.0 Å². The van der Waals surface area contributed by atoms with E-state index in [1.165, 1.54) is 12.8 Å². The van der Waals surface area contributed by atoms with Crippen molar-refractivity contribution in [3.63, 3.8) is 0 Å². The summed E-state index contributed by atoms with van der Waals surface area (Å²) in [6, 6.07) is 4.82. The van der Waals surface area contributed by atoms with Crippen LogP contribution in [0.3, 0.4) is 0 Å². The number of aliphatic hydroxyl groups excluding tert-OH is 1. The van der Waals surface area contributed by atoms with E-state index in [0.717, 1.165) is 41.6 Å². The van der Waals surface area contributed by atoms with Crippen LogP contribution in [-0.2, 0) is 0 Å². The molecule has 0 aromatic carbocycles. The number of nitriles is 1. The number of hydrogen-bond acceptors (Lipinski definition) is 6. The van der Waals surface area contributed by atoms with Crippen molar-refractivity contribution >= 4 is 32.7 Å². The van der Waals surface area contributed by atoms with Crippen molar-refractivity contribution < 1.29 is 9.52 Å². The van der Waals surface area contributed by atoms with Crippen molar-refractivity contribution in [1.82, 2.24) is 9.88 Å². The van der Waals surface area contributed by atoms with E-state index >= 15 is 0 Å². The standard InChI is InChI=1S/C19H23BrN4O2/c1-11(25)12-9-24(10-12)14-4-2-13(3-5-14)23-19-18(20)16-6-15(7-21)26-17(16)8-22-19/h6,8,11-14,25H,2-5,9-10H2,1H3,(H,22,23).